The average molecular weight is 492 g/mol. The quantitative estimate of drug-likeness (QED) is 0.428. The molecule has 12 nitrogen and oxygen atoms in total. The van der Waals surface area contributed by atoms with E-state index in [4.69, 9.17) is 28.9 Å². The Bertz CT molecular complexity index is 1290. The largest absolute Gasteiger partial charge is 0.476 e. The van der Waals surface area contributed by atoms with Gasteiger partial charge in [-0.1, -0.05) is 30.3 Å². The second kappa shape index (κ2) is 8.74. The van der Waals surface area contributed by atoms with Crippen LogP contribution in [0.2, 0.25) is 0 Å². The van der Waals surface area contributed by atoms with Gasteiger partial charge in [0, 0.05) is 0 Å². The molecule has 0 amide bonds. The molecule has 34 heavy (non-hydrogen) atoms. The Labute approximate surface area is 196 Å². The minimum absolute atomic E-state index is 0.0220. The standard InChI is InChI=1S/C21H25N5O7S/c1-3-29-18-14-17(24-20(22)25-18)26(12-23-14)19-15-16(30-9-13-7-5-4-6-8-13)21(33-19,10-31-15)11-32-34(2,27)28/h4-8,12,15-16,19H,3,9-11H2,1-2H3,(H2,22,24,25)/t15-,16+,19-,21-/m1/s1. The van der Waals surface area contributed by atoms with Gasteiger partial charge in [0.1, 0.15) is 24.4 Å². The maximum absolute atomic E-state index is 11.7. The predicted octanol–water partition coefficient (Wildman–Crippen LogP) is 1.04. The lowest BCUT2D eigenvalue weighted by atomic mass is 10.00. The minimum Gasteiger partial charge on any atom is -0.476 e. The minimum atomic E-state index is -3.72. The highest BCUT2D eigenvalue weighted by Gasteiger charge is 2.63. The van der Waals surface area contributed by atoms with E-state index >= 15 is 0 Å². The Kier molecular flexibility index (Phi) is 5.90. The number of nitrogen functional groups attached to an aromatic ring is 1. The van der Waals surface area contributed by atoms with Crippen LogP contribution in [-0.2, 0) is 35.1 Å². The molecule has 2 aliphatic heterocycles. The number of hydrogen-bond donors (Lipinski definition) is 1. The Morgan fingerprint density at radius 3 is 2.79 bits per heavy atom. The van der Waals surface area contributed by atoms with Crippen LogP contribution in [0.3, 0.4) is 0 Å². The van der Waals surface area contributed by atoms with Crippen molar-refractivity contribution in [2.45, 2.75) is 37.6 Å². The molecule has 2 fully saturated rings. The molecule has 2 aliphatic rings. The summed E-state index contributed by atoms with van der Waals surface area (Å²) in [4.78, 5) is 12.8. The number of nitrogens with two attached hydrogens (primary N) is 1. The fraction of sp³-hybridized carbons (Fsp3) is 0.476. The second-order valence-electron chi connectivity index (χ2n) is 8.18. The van der Waals surface area contributed by atoms with E-state index in [1.807, 2.05) is 37.3 Å². The monoisotopic (exact) mass is 491 g/mol. The van der Waals surface area contributed by atoms with Crippen molar-refractivity contribution in [2.75, 3.05) is 31.8 Å². The lowest BCUT2D eigenvalue weighted by Gasteiger charge is -2.31. The van der Waals surface area contributed by atoms with Gasteiger partial charge in [0.05, 0.1) is 32.4 Å². The number of aromatic nitrogens is 4. The molecule has 182 valence electrons. The lowest BCUT2D eigenvalue weighted by Crippen LogP contribution is -2.46. The zero-order valence-electron chi connectivity index (χ0n) is 18.7. The summed E-state index contributed by atoms with van der Waals surface area (Å²) in [6.45, 7) is 2.35. The SMILES string of the molecule is CCOc1nc(N)nc2c1ncn2[C@@H]1O[C@@]2(COS(C)(=O)=O)CO[C@@H]1[C@@H]2OCc1ccccc1. The molecule has 0 aliphatic carbocycles. The first-order chi connectivity index (χ1) is 16.3. The van der Waals surface area contributed by atoms with Crippen LogP contribution in [0.5, 0.6) is 5.88 Å². The molecule has 1 aromatic carbocycles. The summed E-state index contributed by atoms with van der Waals surface area (Å²) in [6, 6.07) is 9.62. The molecule has 2 saturated heterocycles. The smallest absolute Gasteiger partial charge is 0.264 e. The molecule has 0 saturated carbocycles. The van der Waals surface area contributed by atoms with Crippen LogP contribution in [0, 0.1) is 0 Å². The van der Waals surface area contributed by atoms with Crippen molar-refractivity contribution in [3.05, 3.63) is 42.2 Å². The third-order valence-electron chi connectivity index (χ3n) is 5.73. The number of hydrogen-bond acceptors (Lipinski definition) is 11. The zero-order valence-corrected chi connectivity index (χ0v) is 19.5. The van der Waals surface area contributed by atoms with Gasteiger partial charge >= 0.3 is 0 Å². The molecule has 0 unspecified atom stereocenters. The van der Waals surface area contributed by atoms with E-state index in [2.05, 4.69) is 15.0 Å². The fourth-order valence-electron chi connectivity index (χ4n) is 4.26. The van der Waals surface area contributed by atoms with Crippen molar-refractivity contribution in [1.29, 1.82) is 0 Å². The van der Waals surface area contributed by atoms with Crippen LogP contribution in [0.25, 0.3) is 11.2 Å². The van der Waals surface area contributed by atoms with Gasteiger partial charge in [-0.2, -0.15) is 18.4 Å². The van der Waals surface area contributed by atoms with Gasteiger partial charge in [0.15, 0.2) is 17.4 Å². The van der Waals surface area contributed by atoms with Crippen LogP contribution in [-0.4, -0.2) is 71.8 Å². The second-order valence-corrected chi connectivity index (χ2v) is 9.82. The number of rotatable bonds is 9. The van der Waals surface area contributed by atoms with Crippen molar-refractivity contribution in [3.63, 3.8) is 0 Å². The molecule has 0 radical (unpaired) electrons. The Balaban J connectivity index is 1.49. The normalized spacial score (nSPS) is 26.4. The Morgan fingerprint density at radius 2 is 2.06 bits per heavy atom. The summed E-state index contributed by atoms with van der Waals surface area (Å²) in [5, 5.41) is 0. The van der Waals surface area contributed by atoms with Crippen molar-refractivity contribution in [2.24, 2.45) is 0 Å². The number of nitrogens with zero attached hydrogens (tertiary/aromatic N) is 4. The summed E-state index contributed by atoms with van der Waals surface area (Å²) >= 11 is 0. The maximum atomic E-state index is 11.7. The van der Waals surface area contributed by atoms with Gasteiger partial charge in [0.2, 0.25) is 11.8 Å². The van der Waals surface area contributed by atoms with Crippen LogP contribution < -0.4 is 10.5 Å². The van der Waals surface area contributed by atoms with E-state index in [0.717, 1.165) is 11.8 Å². The van der Waals surface area contributed by atoms with Gasteiger partial charge in [-0.15, -0.1) is 0 Å². The summed E-state index contributed by atoms with van der Waals surface area (Å²) in [6.07, 6.45) is 0.627. The first-order valence-electron chi connectivity index (χ1n) is 10.7. The van der Waals surface area contributed by atoms with Crippen LogP contribution >= 0.6 is 0 Å². The highest BCUT2D eigenvalue weighted by molar-refractivity contribution is 7.85. The van der Waals surface area contributed by atoms with Crippen LogP contribution in [0.1, 0.15) is 18.7 Å². The molecule has 2 aromatic heterocycles. The fourth-order valence-corrected chi connectivity index (χ4v) is 4.68. The predicted molar refractivity (Wildman–Crippen MR) is 119 cm³/mol. The molecule has 2 bridgehead atoms. The maximum Gasteiger partial charge on any atom is 0.264 e. The number of anilines is 1. The Morgan fingerprint density at radius 1 is 1.26 bits per heavy atom. The van der Waals surface area contributed by atoms with Gasteiger partial charge < -0.3 is 24.7 Å². The molecule has 5 rings (SSSR count). The van der Waals surface area contributed by atoms with E-state index in [-0.39, 0.29) is 31.6 Å². The van der Waals surface area contributed by atoms with Gasteiger partial charge in [-0.3, -0.25) is 8.75 Å². The molecule has 3 aromatic rings. The van der Waals surface area contributed by atoms with E-state index in [9.17, 15) is 8.42 Å². The molecule has 4 heterocycles. The first kappa shape index (κ1) is 22.9. The first-order valence-corrected chi connectivity index (χ1v) is 12.5. The molecule has 4 atom stereocenters. The molecular formula is C21H25N5O7S. The van der Waals surface area contributed by atoms with Crippen LogP contribution in [0.15, 0.2) is 36.7 Å². The molecule has 13 heteroatoms. The van der Waals surface area contributed by atoms with E-state index in [1.54, 1.807) is 4.57 Å². The van der Waals surface area contributed by atoms with Crippen molar-refractivity contribution in [1.82, 2.24) is 19.5 Å². The number of benzene rings is 1. The number of imidazole rings is 1. The van der Waals surface area contributed by atoms with Gasteiger partial charge in [-0.05, 0) is 12.5 Å². The summed E-state index contributed by atoms with van der Waals surface area (Å²) in [7, 11) is -3.72. The van der Waals surface area contributed by atoms with Crippen molar-refractivity contribution >= 4 is 27.2 Å². The number of fused-ring (bicyclic) bond motifs is 3. The summed E-state index contributed by atoms with van der Waals surface area (Å²) in [5.74, 6) is 0.286. The van der Waals surface area contributed by atoms with Gasteiger partial charge in [-0.25, -0.2) is 4.98 Å². The van der Waals surface area contributed by atoms with Crippen molar-refractivity contribution in [3.8, 4) is 5.88 Å². The summed E-state index contributed by atoms with van der Waals surface area (Å²) < 4.78 is 54.5. The average Bonchev–Trinajstić information content (AvgIpc) is 3.46. The van der Waals surface area contributed by atoms with Gasteiger partial charge in [0.25, 0.3) is 10.1 Å². The third kappa shape index (κ3) is 4.20. The third-order valence-corrected chi connectivity index (χ3v) is 6.27. The lowest BCUT2D eigenvalue weighted by molar-refractivity contribution is -0.183. The summed E-state index contributed by atoms with van der Waals surface area (Å²) in [5.41, 5.74) is 6.52. The van der Waals surface area contributed by atoms with E-state index in [1.165, 1.54) is 6.33 Å². The highest BCUT2D eigenvalue weighted by atomic mass is 32.2. The topological polar surface area (TPSA) is 150 Å². The van der Waals surface area contributed by atoms with Crippen LogP contribution in [0.4, 0.5) is 5.95 Å². The zero-order chi connectivity index (χ0) is 23.9. The van der Waals surface area contributed by atoms with E-state index in [0.29, 0.717) is 17.8 Å². The number of ether oxygens (including phenoxy) is 4. The van der Waals surface area contributed by atoms with Crippen molar-refractivity contribution < 1.29 is 31.5 Å². The molecule has 2 N–H and O–H groups in total. The van der Waals surface area contributed by atoms with E-state index < -0.39 is 34.2 Å². The Hall–Kier alpha value is -2.84. The molecular weight excluding hydrogens is 466 g/mol. The molecule has 0 spiro atoms. The highest BCUT2D eigenvalue weighted by Crippen LogP contribution is 2.48.